The first-order valence-electron chi connectivity index (χ1n) is 6.43. The van der Waals surface area contributed by atoms with Crippen molar-refractivity contribution in [1.82, 2.24) is 5.32 Å². The number of nitrogens with two attached hydrogens (primary N) is 1. The van der Waals surface area contributed by atoms with E-state index < -0.39 is 0 Å². The number of nitrogens with one attached hydrogen (secondary N) is 1. The highest BCUT2D eigenvalue weighted by molar-refractivity contribution is 8.00. The SMILES string of the molecule is Cc1ccc(N)c(SCC(=O)NC2CCCC2)c1. The zero-order valence-electron chi connectivity index (χ0n) is 10.7. The van der Waals surface area contributed by atoms with Crippen molar-refractivity contribution in [3.8, 4) is 0 Å². The third-order valence-electron chi connectivity index (χ3n) is 3.25. The second-order valence-electron chi connectivity index (χ2n) is 4.88. The predicted molar refractivity (Wildman–Crippen MR) is 76.7 cm³/mol. The van der Waals surface area contributed by atoms with Gasteiger partial charge in [-0.15, -0.1) is 11.8 Å². The second kappa shape index (κ2) is 6.14. The van der Waals surface area contributed by atoms with E-state index in [1.54, 1.807) is 0 Å². The third-order valence-corrected chi connectivity index (χ3v) is 4.32. The molecule has 3 N–H and O–H groups in total. The molecule has 1 aliphatic rings. The minimum Gasteiger partial charge on any atom is -0.398 e. The molecular weight excluding hydrogens is 244 g/mol. The van der Waals surface area contributed by atoms with Crippen molar-refractivity contribution < 1.29 is 4.79 Å². The van der Waals surface area contributed by atoms with Crippen LogP contribution in [0.15, 0.2) is 23.1 Å². The minimum atomic E-state index is 0.118. The summed E-state index contributed by atoms with van der Waals surface area (Å²) < 4.78 is 0. The number of carbonyl (C=O) groups is 1. The van der Waals surface area contributed by atoms with Crippen molar-refractivity contribution in [3.63, 3.8) is 0 Å². The van der Waals surface area contributed by atoms with Crippen molar-refractivity contribution >= 4 is 23.4 Å². The van der Waals surface area contributed by atoms with Gasteiger partial charge in [0, 0.05) is 16.6 Å². The molecule has 1 fully saturated rings. The van der Waals surface area contributed by atoms with Gasteiger partial charge in [0.05, 0.1) is 5.75 Å². The fourth-order valence-corrected chi connectivity index (χ4v) is 3.12. The van der Waals surface area contributed by atoms with Gasteiger partial charge in [-0.3, -0.25) is 4.79 Å². The van der Waals surface area contributed by atoms with Crippen LogP contribution in [0.4, 0.5) is 5.69 Å². The average Bonchev–Trinajstić information content (AvgIpc) is 2.83. The summed E-state index contributed by atoms with van der Waals surface area (Å²) in [5, 5.41) is 3.08. The summed E-state index contributed by atoms with van der Waals surface area (Å²) in [5.74, 6) is 0.567. The number of anilines is 1. The van der Waals surface area contributed by atoms with E-state index in [1.165, 1.54) is 30.2 Å². The zero-order valence-corrected chi connectivity index (χ0v) is 11.6. The molecule has 1 saturated carbocycles. The lowest BCUT2D eigenvalue weighted by molar-refractivity contribution is -0.119. The van der Waals surface area contributed by atoms with E-state index in [0.717, 1.165) is 23.4 Å². The van der Waals surface area contributed by atoms with E-state index in [9.17, 15) is 4.79 Å². The van der Waals surface area contributed by atoms with Gasteiger partial charge >= 0.3 is 0 Å². The Morgan fingerprint density at radius 2 is 2.17 bits per heavy atom. The van der Waals surface area contributed by atoms with E-state index in [4.69, 9.17) is 5.73 Å². The van der Waals surface area contributed by atoms with Crippen LogP contribution in [0.2, 0.25) is 0 Å². The Bertz CT molecular complexity index is 428. The first-order valence-corrected chi connectivity index (χ1v) is 7.42. The van der Waals surface area contributed by atoms with E-state index in [2.05, 4.69) is 5.32 Å². The van der Waals surface area contributed by atoms with Crippen LogP contribution in [0.25, 0.3) is 0 Å². The third kappa shape index (κ3) is 3.67. The molecule has 3 nitrogen and oxygen atoms in total. The molecule has 18 heavy (non-hydrogen) atoms. The number of amides is 1. The normalized spacial score (nSPS) is 15.8. The number of aryl methyl sites for hydroxylation is 1. The molecule has 2 rings (SSSR count). The molecule has 0 unspecified atom stereocenters. The Morgan fingerprint density at radius 3 is 2.89 bits per heavy atom. The zero-order chi connectivity index (χ0) is 13.0. The van der Waals surface area contributed by atoms with Gasteiger partial charge in [-0.05, 0) is 37.5 Å². The molecule has 1 aliphatic carbocycles. The van der Waals surface area contributed by atoms with Crippen molar-refractivity contribution in [3.05, 3.63) is 23.8 Å². The topological polar surface area (TPSA) is 55.1 Å². The number of carbonyl (C=O) groups excluding carboxylic acids is 1. The van der Waals surface area contributed by atoms with E-state index in [1.807, 2.05) is 25.1 Å². The lowest BCUT2D eigenvalue weighted by Crippen LogP contribution is -2.33. The Balaban J connectivity index is 1.83. The van der Waals surface area contributed by atoms with Crippen molar-refractivity contribution in [2.45, 2.75) is 43.5 Å². The molecule has 0 spiro atoms. The van der Waals surface area contributed by atoms with Crippen molar-refractivity contribution in [2.75, 3.05) is 11.5 Å². The van der Waals surface area contributed by atoms with Crippen LogP contribution in [0.5, 0.6) is 0 Å². The molecule has 1 amide bonds. The molecule has 0 aliphatic heterocycles. The lowest BCUT2D eigenvalue weighted by Gasteiger charge is -2.12. The number of benzene rings is 1. The predicted octanol–water partition coefficient (Wildman–Crippen LogP) is 2.73. The summed E-state index contributed by atoms with van der Waals surface area (Å²) in [6, 6.07) is 6.31. The molecule has 0 bridgehead atoms. The molecule has 1 aromatic rings. The van der Waals surface area contributed by atoms with Crippen LogP contribution in [-0.2, 0) is 4.79 Å². The first kappa shape index (κ1) is 13.3. The number of hydrogen-bond donors (Lipinski definition) is 2. The lowest BCUT2D eigenvalue weighted by atomic mass is 10.2. The summed E-state index contributed by atoms with van der Waals surface area (Å²) >= 11 is 1.52. The van der Waals surface area contributed by atoms with Gasteiger partial charge in [0.2, 0.25) is 5.91 Å². The fraction of sp³-hybridized carbons (Fsp3) is 0.500. The van der Waals surface area contributed by atoms with Crippen LogP contribution in [0.1, 0.15) is 31.2 Å². The van der Waals surface area contributed by atoms with Gasteiger partial charge in [0.1, 0.15) is 0 Å². The largest absolute Gasteiger partial charge is 0.398 e. The van der Waals surface area contributed by atoms with Crippen molar-refractivity contribution in [2.24, 2.45) is 0 Å². The monoisotopic (exact) mass is 264 g/mol. The quantitative estimate of drug-likeness (QED) is 0.649. The van der Waals surface area contributed by atoms with Gasteiger partial charge < -0.3 is 11.1 Å². The van der Waals surface area contributed by atoms with Crippen LogP contribution in [0, 0.1) is 6.92 Å². The molecule has 0 radical (unpaired) electrons. The van der Waals surface area contributed by atoms with Gasteiger partial charge in [-0.25, -0.2) is 0 Å². The highest BCUT2D eigenvalue weighted by Gasteiger charge is 2.17. The molecule has 1 aromatic carbocycles. The van der Waals surface area contributed by atoms with Crippen molar-refractivity contribution in [1.29, 1.82) is 0 Å². The molecule has 0 saturated heterocycles. The Kier molecular flexibility index (Phi) is 4.53. The molecule has 0 atom stereocenters. The minimum absolute atomic E-state index is 0.118. The maximum Gasteiger partial charge on any atom is 0.230 e. The van der Waals surface area contributed by atoms with Gasteiger partial charge in [-0.2, -0.15) is 0 Å². The second-order valence-corrected chi connectivity index (χ2v) is 5.90. The van der Waals surface area contributed by atoms with Crippen LogP contribution < -0.4 is 11.1 Å². The smallest absolute Gasteiger partial charge is 0.230 e. The van der Waals surface area contributed by atoms with E-state index in [0.29, 0.717) is 11.8 Å². The maximum absolute atomic E-state index is 11.8. The van der Waals surface area contributed by atoms with Crippen LogP contribution >= 0.6 is 11.8 Å². The average molecular weight is 264 g/mol. The molecule has 0 heterocycles. The van der Waals surface area contributed by atoms with E-state index in [-0.39, 0.29) is 5.91 Å². The summed E-state index contributed by atoms with van der Waals surface area (Å²) in [6.07, 6.45) is 4.73. The first-order chi connectivity index (χ1) is 8.65. The molecule has 0 aromatic heterocycles. The molecule has 98 valence electrons. The molecule has 4 heteroatoms. The summed E-state index contributed by atoms with van der Waals surface area (Å²) in [4.78, 5) is 12.8. The summed E-state index contributed by atoms with van der Waals surface area (Å²) in [6.45, 7) is 2.03. The Labute approximate surface area is 113 Å². The number of rotatable bonds is 4. The van der Waals surface area contributed by atoms with Crippen LogP contribution in [-0.4, -0.2) is 17.7 Å². The maximum atomic E-state index is 11.8. The Hall–Kier alpha value is -1.16. The highest BCUT2D eigenvalue weighted by Crippen LogP contribution is 2.26. The summed E-state index contributed by atoms with van der Waals surface area (Å²) in [5.41, 5.74) is 7.81. The van der Waals surface area contributed by atoms with E-state index >= 15 is 0 Å². The standard InChI is InChI=1S/C14H20N2OS/c1-10-6-7-12(15)13(8-10)18-9-14(17)16-11-4-2-3-5-11/h6-8,11H,2-5,9,15H2,1H3,(H,16,17). The van der Waals surface area contributed by atoms with Gasteiger partial charge in [-0.1, -0.05) is 18.9 Å². The fourth-order valence-electron chi connectivity index (χ4n) is 2.25. The van der Waals surface area contributed by atoms with Gasteiger partial charge in [0.25, 0.3) is 0 Å². The number of hydrogen-bond acceptors (Lipinski definition) is 3. The Morgan fingerprint density at radius 1 is 1.44 bits per heavy atom. The highest BCUT2D eigenvalue weighted by atomic mass is 32.2. The van der Waals surface area contributed by atoms with Gasteiger partial charge in [0.15, 0.2) is 0 Å². The summed E-state index contributed by atoms with van der Waals surface area (Å²) in [7, 11) is 0. The molecular formula is C14H20N2OS. The van der Waals surface area contributed by atoms with Crippen LogP contribution in [0.3, 0.4) is 0 Å². The number of thioether (sulfide) groups is 1. The number of nitrogen functional groups attached to an aromatic ring is 1.